The van der Waals surface area contributed by atoms with E-state index in [9.17, 15) is 9.59 Å². The largest absolute Gasteiger partial charge is 0.494 e. The van der Waals surface area contributed by atoms with E-state index in [1.54, 1.807) is 7.11 Å². The average molecular weight is 471 g/mol. The highest BCUT2D eigenvalue weighted by Gasteiger charge is 2.30. The van der Waals surface area contributed by atoms with Crippen LogP contribution in [0.15, 0.2) is 35.2 Å². The number of nitrogens with one attached hydrogen (secondary N) is 2. The number of aromatic nitrogens is 2. The number of para-hydroxylation sites is 1. The number of benzene rings is 1. The number of anilines is 1. The molecule has 166 valence electrons. The lowest BCUT2D eigenvalue weighted by atomic mass is 10.0. The van der Waals surface area contributed by atoms with Crippen LogP contribution < -0.4 is 15.4 Å². The van der Waals surface area contributed by atoms with Gasteiger partial charge in [-0.25, -0.2) is 9.97 Å². The van der Waals surface area contributed by atoms with Crippen LogP contribution in [0.25, 0.3) is 10.2 Å². The molecule has 1 amide bonds. The Morgan fingerprint density at radius 1 is 1.28 bits per heavy atom. The van der Waals surface area contributed by atoms with Gasteiger partial charge in [0.2, 0.25) is 11.7 Å². The second-order valence-electron chi connectivity index (χ2n) is 7.65. The van der Waals surface area contributed by atoms with Crippen molar-refractivity contribution in [2.45, 2.75) is 36.4 Å². The molecule has 1 aromatic carbocycles. The molecule has 0 bridgehead atoms. The Hall–Kier alpha value is -2.53. The fourth-order valence-corrected chi connectivity index (χ4v) is 5.53. The normalized spacial score (nSPS) is 20.6. The van der Waals surface area contributed by atoms with Crippen LogP contribution in [-0.2, 0) is 16.1 Å². The van der Waals surface area contributed by atoms with E-state index in [2.05, 4.69) is 20.6 Å². The molecule has 0 spiro atoms. The highest BCUT2D eigenvalue weighted by atomic mass is 32.2. The molecule has 2 unspecified atom stereocenters. The van der Waals surface area contributed by atoms with Crippen molar-refractivity contribution in [1.29, 1.82) is 0 Å². The standard InChI is InChI=1S/C22H22N4O4S2/c1-29-14-3-2-4-16-19(14)26-22(32-16)20(28)15-7-5-13(10-30-15)23-9-12-6-8-17-21(24-12)25-18(27)11-31-17/h2-4,6,8,13,15,23H,5,7,9-11H2,1H3,(H,24,25,27). The quantitative estimate of drug-likeness (QED) is 0.529. The Morgan fingerprint density at radius 3 is 3.00 bits per heavy atom. The maximum Gasteiger partial charge on any atom is 0.235 e. The van der Waals surface area contributed by atoms with Gasteiger partial charge < -0.3 is 20.1 Å². The van der Waals surface area contributed by atoms with Crippen LogP contribution in [0.1, 0.15) is 28.3 Å². The summed E-state index contributed by atoms with van der Waals surface area (Å²) < 4.78 is 12.2. The van der Waals surface area contributed by atoms with Crippen LogP contribution >= 0.6 is 23.1 Å². The van der Waals surface area contributed by atoms with Crippen LogP contribution in [0, 0.1) is 0 Å². The summed E-state index contributed by atoms with van der Waals surface area (Å²) in [7, 11) is 1.60. The molecule has 2 N–H and O–H groups in total. The fraction of sp³-hybridized carbons (Fsp3) is 0.364. The Balaban J connectivity index is 1.16. The van der Waals surface area contributed by atoms with Crippen LogP contribution in [0.4, 0.5) is 5.82 Å². The molecule has 10 heteroatoms. The molecule has 2 atom stereocenters. The number of nitrogens with zero attached hydrogens (tertiary/aromatic N) is 2. The Labute approximate surface area is 193 Å². The first-order chi connectivity index (χ1) is 15.6. The highest BCUT2D eigenvalue weighted by molar-refractivity contribution is 8.00. The number of carbonyl (C=O) groups excluding carboxylic acids is 2. The van der Waals surface area contributed by atoms with E-state index in [4.69, 9.17) is 9.47 Å². The Kier molecular flexibility index (Phi) is 6.09. The van der Waals surface area contributed by atoms with Crippen molar-refractivity contribution < 1.29 is 19.1 Å². The molecule has 32 heavy (non-hydrogen) atoms. The van der Waals surface area contributed by atoms with Gasteiger partial charge in [0, 0.05) is 12.6 Å². The molecule has 5 rings (SSSR count). The topological polar surface area (TPSA) is 102 Å². The third-order valence-corrected chi connectivity index (χ3v) is 7.57. The van der Waals surface area contributed by atoms with E-state index in [0.29, 0.717) is 47.4 Å². The number of rotatable bonds is 6. The maximum atomic E-state index is 12.9. The molecule has 0 aliphatic carbocycles. The van der Waals surface area contributed by atoms with Gasteiger partial charge in [-0.05, 0) is 37.1 Å². The highest BCUT2D eigenvalue weighted by Crippen LogP contribution is 2.32. The zero-order chi connectivity index (χ0) is 22.1. The van der Waals surface area contributed by atoms with Crippen molar-refractivity contribution in [1.82, 2.24) is 15.3 Å². The first-order valence-corrected chi connectivity index (χ1v) is 12.2. The van der Waals surface area contributed by atoms with E-state index in [0.717, 1.165) is 21.7 Å². The summed E-state index contributed by atoms with van der Waals surface area (Å²) in [4.78, 5) is 34.5. The summed E-state index contributed by atoms with van der Waals surface area (Å²) in [5.74, 6) is 1.62. The molecular weight excluding hydrogens is 448 g/mol. The summed E-state index contributed by atoms with van der Waals surface area (Å²) >= 11 is 2.87. The van der Waals surface area contributed by atoms with Crippen LogP contribution in [0.2, 0.25) is 0 Å². The van der Waals surface area contributed by atoms with Crippen molar-refractivity contribution in [2.24, 2.45) is 0 Å². The van der Waals surface area contributed by atoms with Crippen molar-refractivity contribution in [3.05, 3.63) is 41.0 Å². The predicted molar refractivity (Wildman–Crippen MR) is 124 cm³/mol. The Morgan fingerprint density at radius 2 is 2.19 bits per heavy atom. The van der Waals surface area contributed by atoms with E-state index in [-0.39, 0.29) is 17.7 Å². The fourth-order valence-electron chi connectivity index (χ4n) is 3.80. The van der Waals surface area contributed by atoms with Gasteiger partial charge in [-0.2, -0.15) is 0 Å². The number of ether oxygens (including phenoxy) is 2. The van der Waals surface area contributed by atoms with Crippen molar-refractivity contribution >= 4 is 50.8 Å². The second kappa shape index (κ2) is 9.14. The lowest BCUT2D eigenvalue weighted by molar-refractivity contribution is -0.113. The number of thiazole rings is 1. The SMILES string of the molecule is COc1cccc2sc(C(=O)C3CCC(NCc4ccc5c(n4)NC(=O)CS5)CO3)nc12. The second-order valence-corrected chi connectivity index (χ2v) is 9.70. The van der Waals surface area contributed by atoms with Crippen LogP contribution in [0.3, 0.4) is 0 Å². The molecule has 2 aliphatic heterocycles. The number of carbonyl (C=O) groups is 2. The number of methoxy groups -OCH3 is 1. The Bertz CT molecular complexity index is 1170. The molecule has 1 saturated heterocycles. The molecule has 0 saturated carbocycles. The molecule has 3 aromatic rings. The molecular formula is C22H22N4O4S2. The third-order valence-electron chi connectivity index (χ3n) is 5.49. The van der Waals surface area contributed by atoms with Crippen molar-refractivity contribution in [3.63, 3.8) is 0 Å². The van der Waals surface area contributed by atoms with Gasteiger partial charge in [-0.15, -0.1) is 23.1 Å². The zero-order valence-corrected chi connectivity index (χ0v) is 19.1. The van der Waals surface area contributed by atoms with E-state index < -0.39 is 6.10 Å². The van der Waals surface area contributed by atoms with Gasteiger partial charge in [-0.1, -0.05) is 6.07 Å². The van der Waals surface area contributed by atoms with Gasteiger partial charge in [-0.3, -0.25) is 9.59 Å². The van der Waals surface area contributed by atoms with Crippen molar-refractivity contribution in [2.75, 3.05) is 24.8 Å². The minimum absolute atomic E-state index is 0.0249. The minimum atomic E-state index is -0.478. The number of hydrogen-bond donors (Lipinski definition) is 2. The molecule has 2 aromatic heterocycles. The number of hydrogen-bond acceptors (Lipinski definition) is 9. The monoisotopic (exact) mass is 470 g/mol. The summed E-state index contributed by atoms with van der Waals surface area (Å²) in [5, 5.41) is 6.72. The molecule has 4 heterocycles. The summed E-state index contributed by atoms with van der Waals surface area (Å²) in [5.41, 5.74) is 1.57. The smallest absolute Gasteiger partial charge is 0.235 e. The van der Waals surface area contributed by atoms with E-state index >= 15 is 0 Å². The predicted octanol–water partition coefficient (Wildman–Crippen LogP) is 3.26. The van der Waals surface area contributed by atoms with Gasteiger partial charge in [0.15, 0.2) is 5.01 Å². The summed E-state index contributed by atoms with van der Waals surface area (Å²) in [6, 6.07) is 9.76. The number of fused-ring (bicyclic) bond motifs is 2. The number of thioether (sulfide) groups is 1. The summed E-state index contributed by atoms with van der Waals surface area (Å²) in [6.45, 7) is 1.01. The zero-order valence-electron chi connectivity index (χ0n) is 17.4. The first-order valence-electron chi connectivity index (χ1n) is 10.4. The van der Waals surface area contributed by atoms with E-state index in [1.807, 2.05) is 30.3 Å². The number of amides is 1. The average Bonchev–Trinajstić information content (AvgIpc) is 3.27. The number of Topliss-reactive ketones (excluding diaryl/α,β-unsaturated/α-hetero) is 1. The molecule has 2 aliphatic rings. The van der Waals surface area contributed by atoms with Gasteiger partial charge in [0.1, 0.15) is 23.2 Å². The number of ketones is 1. The minimum Gasteiger partial charge on any atom is -0.494 e. The molecule has 8 nitrogen and oxygen atoms in total. The molecule has 0 radical (unpaired) electrons. The van der Waals surface area contributed by atoms with Gasteiger partial charge in [0.25, 0.3) is 0 Å². The number of pyridine rings is 1. The lowest BCUT2D eigenvalue weighted by Gasteiger charge is -2.28. The van der Waals surface area contributed by atoms with Gasteiger partial charge in [0.05, 0.1) is 34.8 Å². The lowest BCUT2D eigenvalue weighted by Crippen LogP contribution is -2.42. The van der Waals surface area contributed by atoms with Gasteiger partial charge >= 0.3 is 0 Å². The molecule has 1 fully saturated rings. The van der Waals surface area contributed by atoms with Crippen molar-refractivity contribution in [3.8, 4) is 5.75 Å². The third kappa shape index (κ3) is 4.36. The van der Waals surface area contributed by atoms with Crippen LogP contribution in [0.5, 0.6) is 5.75 Å². The van der Waals surface area contributed by atoms with Crippen LogP contribution in [-0.4, -0.2) is 53.3 Å². The van der Waals surface area contributed by atoms with E-state index in [1.165, 1.54) is 23.1 Å². The maximum absolute atomic E-state index is 12.9. The first kappa shape index (κ1) is 21.3. The summed E-state index contributed by atoms with van der Waals surface area (Å²) in [6.07, 6.45) is 0.976.